The first-order valence-corrected chi connectivity index (χ1v) is 7.93. The van der Waals surface area contributed by atoms with Crippen molar-refractivity contribution in [2.45, 2.75) is 4.90 Å². The molecule has 84 valence electrons. The highest BCUT2D eigenvalue weighted by Crippen LogP contribution is 2.25. The third-order valence-electron chi connectivity index (χ3n) is 2.16. The fourth-order valence-electron chi connectivity index (χ4n) is 1.35. The van der Waals surface area contributed by atoms with Crippen molar-refractivity contribution in [3.05, 3.63) is 35.5 Å². The molecule has 1 aromatic heterocycles. The standard InChI is InChI=1S/C10H7ClINO2S/c11-9-3-4-13-10-2-1-7(5-8(9)10)16(14,15)6-12/h1-5H,6H2. The zero-order valence-electron chi connectivity index (χ0n) is 8.02. The SMILES string of the molecule is O=S(=O)(CI)c1ccc2nccc(Cl)c2c1. The van der Waals surface area contributed by atoms with E-state index in [0.29, 0.717) is 15.9 Å². The number of aromatic nitrogens is 1. The summed E-state index contributed by atoms with van der Waals surface area (Å²) in [6.07, 6.45) is 1.59. The van der Waals surface area contributed by atoms with Crippen LogP contribution in [0.25, 0.3) is 10.9 Å². The molecule has 0 unspecified atom stereocenters. The number of nitrogens with zero attached hydrogens (tertiary/aromatic N) is 1. The van der Waals surface area contributed by atoms with Gasteiger partial charge in [-0.1, -0.05) is 34.2 Å². The molecule has 0 spiro atoms. The van der Waals surface area contributed by atoms with Crippen molar-refractivity contribution in [2.75, 3.05) is 3.76 Å². The fraction of sp³-hybridized carbons (Fsp3) is 0.100. The van der Waals surface area contributed by atoms with Crippen LogP contribution in [0.4, 0.5) is 0 Å². The lowest BCUT2D eigenvalue weighted by atomic mass is 10.2. The van der Waals surface area contributed by atoms with E-state index >= 15 is 0 Å². The number of halogens is 2. The molecule has 0 saturated carbocycles. The summed E-state index contributed by atoms with van der Waals surface area (Å²) in [5, 5.41) is 1.17. The summed E-state index contributed by atoms with van der Waals surface area (Å²) in [4.78, 5) is 4.39. The Morgan fingerprint density at radius 2 is 2.06 bits per heavy atom. The molecule has 0 aliphatic rings. The van der Waals surface area contributed by atoms with Gasteiger partial charge in [-0.2, -0.15) is 0 Å². The number of rotatable bonds is 2. The van der Waals surface area contributed by atoms with Crippen molar-refractivity contribution in [3.63, 3.8) is 0 Å². The summed E-state index contributed by atoms with van der Waals surface area (Å²) in [6.45, 7) is 0. The van der Waals surface area contributed by atoms with Gasteiger partial charge in [0.15, 0.2) is 9.84 Å². The predicted octanol–water partition coefficient (Wildman–Crippen LogP) is 3.05. The molecule has 0 saturated heterocycles. The largest absolute Gasteiger partial charge is 0.256 e. The van der Waals surface area contributed by atoms with Crippen LogP contribution in [-0.4, -0.2) is 17.2 Å². The van der Waals surface area contributed by atoms with E-state index in [2.05, 4.69) is 4.98 Å². The molecule has 16 heavy (non-hydrogen) atoms. The van der Waals surface area contributed by atoms with Crippen molar-refractivity contribution < 1.29 is 8.42 Å². The van der Waals surface area contributed by atoms with E-state index < -0.39 is 9.84 Å². The van der Waals surface area contributed by atoms with Gasteiger partial charge in [-0.05, 0) is 24.3 Å². The minimum Gasteiger partial charge on any atom is -0.256 e. The lowest BCUT2D eigenvalue weighted by Crippen LogP contribution is -2.01. The van der Waals surface area contributed by atoms with Gasteiger partial charge in [0.05, 0.1) is 15.4 Å². The molecule has 1 aromatic carbocycles. The summed E-state index contributed by atoms with van der Waals surface area (Å²) in [7, 11) is -3.21. The molecule has 6 heteroatoms. The Kier molecular flexibility index (Phi) is 3.37. The molecular weight excluding hydrogens is 361 g/mol. The summed E-state index contributed by atoms with van der Waals surface area (Å²) >= 11 is 7.82. The van der Waals surface area contributed by atoms with E-state index in [1.807, 2.05) is 22.6 Å². The average Bonchev–Trinajstić information content (AvgIpc) is 2.29. The fourth-order valence-corrected chi connectivity index (χ4v) is 3.33. The summed E-state index contributed by atoms with van der Waals surface area (Å²) < 4.78 is 23.4. The Balaban J connectivity index is 2.74. The number of pyridine rings is 1. The lowest BCUT2D eigenvalue weighted by molar-refractivity contribution is 0.601. The smallest absolute Gasteiger partial charge is 0.187 e. The van der Waals surface area contributed by atoms with E-state index in [1.54, 1.807) is 30.5 Å². The Morgan fingerprint density at radius 1 is 1.31 bits per heavy atom. The van der Waals surface area contributed by atoms with Crippen molar-refractivity contribution >= 4 is 54.9 Å². The van der Waals surface area contributed by atoms with E-state index in [1.165, 1.54) is 0 Å². The van der Waals surface area contributed by atoms with E-state index in [4.69, 9.17) is 11.6 Å². The maximum atomic E-state index is 11.7. The normalized spacial score (nSPS) is 11.9. The van der Waals surface area contributed by atoms with Crippen molar-refractivity contribution in [1.29, 1.82) is 0 Å². The molecule has 2 rings (SSSR count). The average molecular weight is 368 g/mol. The zero-order chi connectivity index (χ0) is 11.8. The number of hydrogen-bond acceptors (Lipinski definition) is 3. The van der Waals surface area contributed by atoms with Gasteiger partial charge in [-0.15, -0.1) is 0 Å². The molecule has 0 aliphatic heterocycles. The minimum absolute atomic E-state index is 0.0497. The van der Waals surface area contributed by atoms with Gasteiger partial charge in [0.1, 0.15) is 3.76 Å². The second kappa shape index (κ2) is 4.46. The highest BCUT2D eigenvalue weighted by atomic mass is 127. The van der Waals surface area contributed by atoms with Gasteiger partial charge in [-0.3, -0.25) is 4.98 Å². The topological polar surface area (TPSA) is 47.0 Å². The molecule has 0 bridgehead atoms. The quantitative estimate of drug-likeness (QED) is 0.605. The second-order valence-electron chi connectivity index (χ2n) is 3.20. The molecule has 2 aromatic rings. The number of benzene rings is 1. The highest BCUT2D eigenvalue weighted by molar-refractivity contribution is 14.1. The van der Waals surface area contributed by atoms with Gasteiger partial charge in [-0.25, -0.2) is 8.42 Å². The van der Waals surface area contributed by atoms with Crippen LogP contribution in [0.15, 0.2) is 35.4 Å². The molecule has 1 heterocycles. The molecule has 0 fully saturated rings. The molecular formula is C10H7ClINO2S. The monoisotopic (exact) mass is 367 g/mol. The highest BCUT2D eigenvalue weighted by Gasteiger charge is 2.13. The van der Waals surface area contributed by atoms with Crippen molar-refractivity contribution in [1.82, 2.24) is 4.98 Å². The number of hydrogen-bond donors (Lipinski definition) is 0. The van der Waals surface area contributed by atoms with Crippen molar-refractivity contribution in [3.8, 4) is 0 Å². The summed E-state index contributed by atoms with van der Waals surface area (Å²) in [6, 6.07) is 6.43. The third kappa shape index (κ3) is 2.16. The molecule has 0 atom stereocenters. The first kappa shape index (κ1) is 12.1. The van der Waals surface area contributed by atoms with Gasteiger partial charge in [0.2, 0.25) is 0 Å². The maximum absolute atomic E-state index is 11.7. The summed E-state index contributed by atoms with van der Waals surface area (Å²) in [5.41, 5.74) is 0.694. The molecule has 3 nitrogen and oxygen atoms in total. The van der Waals surface area contributed by atoms with Gasteiger partial charge in [0, 0.05) is 11.6 Å². The first-order valence-electron chi connectivity index (χ1n) is 4.37. The van der Waals surface area contributed by atoms with Crippen LogP contribution < -0.4 is 0 Å². The first-order chi connectivity index (χ1) is 7.54. The van der Waals surface area contributed by atoms with E-state index in [9.17, 15) is 8.42 Å². The molecule has 0 radical (unpaired) electrons. The van der Waals surface area contributed by atoms with Crippen LogP contribution in [-0.2, 0) is 9.84 Å². The van der Waals surface area contributed by atoms with Crippen LogP contribution >= 0.6 is 34.2 Å². The summed E-state index contributed by atoms with van der Waals surface area (Å²) in [5.74, 6) is 0. The second-order valence-corrected chi connectivity index (χ2v) is 7.39. The Labute approximate surface area is 112 Å². The van der Waals surface area contributed by atoms with Crippen LogP contribution in [0.1, 0.15) is 0 Å². The number of alkyl halides is 1. The zero-order valence-corrected chi connectivity index (χ0v) is 11.8. The van der Waals surface area contributed by atoms with Crippen LogP contribution in [0, 0.1) is 0 Å². The van der Waals surface area contributed by atoms with E-state index in [-0.39, 0.29) is 8.66 Å². The predicted molar refractivity (Wildman–Crippen MR) is 72.8 cm³/mol. The Morgan fingerprint density at radius 3 is 2.75 bits per heavy atom. The maximum Gasteiger partial charge on any atom is 0.187 e. The van der Waals surface area contributed by atoms with Gasteiger partial charge in [0.25, 0.3) is 0 Å². The van der Waals surface area contributed by atoms with Crippen molar-refractivity contribution in [2.24, 2.45) is 0 Å². The Bertz CT molecular complexity index is 642. The third-order valence-corrected chi connectivity index (χ3v) is 6.21. The Hall–Kier alpha value is -0.400. The van der Waals surface area contributed by atoms with Gasteiger partial charge >= 0.3 is 0 Å². The molecule has 0 amide bonds. The number of sulfone groups is 1. The molecule has 0 aliphatic carbocycles. The minimum atomic E-state index is -3.21. The molecule has 0 N–H and O–H groups in total. The van der Waals surface area contributed by atoms with Crippen LogP contribution in [0.5, 0.6) is 0 Å². The van der Waals surface area contributed by atoms with Gasteiger partial charge < -0.3 is 0 Å². The van der Waals surface area contributed by atoms with Crippen LogP contribution in [0.3, 0.4) is 0 Å². The number of fused-ring (bicyclic) bond motifs is 1. The lowest BCUT2D eigenvalue weighted by Gasteiger charge is -2.03. The van der Waals surface area contributed by atoms with E-state index in [0.717, 1.165) is 0 Å². The van der Waals surface area contributed by atoms with Crippen LogP contribution in [0.2, 0.25) is 5.02 Å².